The lowest BCUT2D eigenvalue weighted by Gasteiger charge is -2.27. The molecule has 1 atom stereocenters. The SMILES string of the molecule is CCc1cccc([C@H](NSC(C)(C)C)C(C)C)c1. The molecule has 0 aliphatic rings. The van der Waals surface area contributed by atoms with Crippen LogP contribution in [0.25, 0.3) is 0 Å². The van der Waals surface area contributed by atoms with Crippen LogP contribution >= 0.6 is 11.9 Å². The Hall–Kier alpha value is -0.470. The standard InChI is InChI=1S/C16H27NS/c1-7-13-9-8-10-14(11-13)15(12(2)3)17-18-16(4,5)6/h8-12,15,17H,7H2,1-6H3/t15-/m1/s1. The second-order valence-electron chi connectivity index (χ2n) is 6.15. The molecule has 18 heavy (non-hydrogen) atoms. The van der Waals surface area contributed by atoms with E-state index in [-0.39, 0.29) is 4.75 Å². The quantitative estimate of drug-likeness (QED) is 0.753. The predicted molar refractivity (Wildman–Crippen MR) is 83.9 cm³/mol. The summed E-state index contributed by atoms with van der Waals surface area (Å²) in [6.45, 7) is 13.5. The van der Waals surface area contributed by atoms with Gasteiger partial charge < -0.3 is 0 Å². The molecule has 2 heteroatoms. The van der Waals surface area contributed by atoms with E-state index in [1.165, 1.54) is 11.1 Å². The maximum absolute atomic E-state index is 3.64. The predicted octanol–water partition coefficient (Wildman–Crippen LogP) is 4.98. The Morgan fingerprint density at radius 2 is 1.89 bits per heavy atom. The van der Waals surface area contributed by atoms with Crippen LogP contribution in [0.3, 0.4) is 0 Å². The van der Waals surface area contributed by atoms with E-state index in [1.54, 1.807) is 0 Å². The Kier molecular flexibility index (Phi) is 5.74. The molecule has 1 aromatic rings. The first-order valence-electron chi connectivity index (χ1n) is 6.86. The largest absolute Gasteiger partial charge is 0.256 e. The van der Waals surface area contributed by atoms with Crippen molar-refractivity contribution in [2.45, 2.75) is 58.8 Å². The molecule has 1 nitrogen and oxygen atoms in total. The molecule has 1 aromatic carbocycles. The number of benzene rings is 1. The van der Waals surface area contributed by atoms with Gasteiger partial charge in [-0.05, 0) is 44.2 Å². The van der Waals surface area contributed by atoms with Gasteiger partial charge in [0.2, 0.25) is 0 Å². The summed E-state index contributed by atoms with van der Waals surface area (Å²) in [5.74, 6) is 0.590. The molecule has 0 heterocycles. The minimum absolute atomic E-state index is 0.246. The van der Waals surface area contributed by atoms with Crippen molar-refractivity contribution in [3.8, 4) is 0 Å². The maximum atomic E-state index is 3.64. The van der Waals surface area contributed by atoms with Gasteiger partial charge in [-0.1, -0.05) is 57.0 Å². The minimum atomic E-state index is 0.246. The van der Waals surface area contributed by atoms with Crippen molar-refractivity contribution in [3.63, 3.8) is 0 Å². The third-order valence-corrected chi connectivity index (χ3v) is 3.86. The Labute approximate surface area is 117 Å². The molecule has 0 aromatic heterocycles. The van der Waals surface area contributed by atoms with Gasteiger partial charge in [0.25, 0.3) is 0 Å². The van der Waals surface area contributed by atoms with Crippen LogP contribution in [-0.2, 0) is 6.42 Å². The Bertz CT molecular complexity index is 366. The van der Waals surface area contributed by atoms with Gasteiger partial charge in [0, 0.05) is 10.8 Å². The number of rotatable bonds is 5. The first-order chi connectivity index (χ1) is 8.33. The van der Waals surface area contributed by atoms with Gasteiger partial charge in [0.15, 0.2) is 0 Å². The lowest BCUT2D eigenvalue weighted by molar-refractivity contribution is 0.484. The molecule has 1 N–H and O–H groups in total. The van der Waals surface area contributed by atoms with E-state index in [1.807, 2.05) is 11.9 Å². The summed E-state index contributed by atoms with van der Waals surface area (Å²) < 4.78 is 3.89. The fraction of sp³-hybridized carbons (Fsp3) is 0.625. The highest BCUT2D eigenvalue weighted by Gasteiger charge is 2.19. The van der Waals surface area contributed by atoms with Crippen LogP contribution < -0.4 is 4.72 Å². The van der Waals surface area contributed by atoms with Crippen LogP contribution in [0.4, 0.5) is 0 Å². The van der Waals surface area contributed by atoms with Crippen LogP contribution in [0.2, 0.25) is 0 Å². The molecule has 0 saturated heterocycles. The van der Waals surface area contributed by atoms with Gasteiger partial charge in [0.05, 0.1) is 0 Å². The summed E-state index contributed by atoms with van der Waals surface area (Å²) in [5, 5.41) is 0. The van der Waals surface area contributed by atoms with Gasteiger partial charge in [-0.2, -0.15) is 0 Å². The maximum Gasteiger partial charge on any atom is 0.0444 e. The average molecular weight is 265 g/mol. The Balaban J connectivity index is 2.83. The number of aryl methyl sites for hydroxylation is 1. The molecular formula is C16H27NS. The van der Waals surface area contributed by atoms with Crippen molar-refractivity contribution in [1.82, 2.24) is 4.72 Å². The smallest absolute Gasteiger partial charge is 0.0444 e. The van der Waals surface area contributed by atoms with E-state index in [9.17, 15) is 0 Å². The number of hydrogen-bond acceptors (Lipinski definition) is 2. The van der Waals surface area contributed by atoms with Crippen LogP contribution in [-0.4, -0.2) is 4.75 Å². The number of hydrogen-bond donors (Lipinski definition) is 1. The number of nitrogens with one attached hydrogen (secondary N) is 1. The molecule has 1 rings (SSSR count). The van der Waals surface area contributed by atoms with Crippen LogP contribution in [0.15, 0.2) is 24.3 Å². The summed E-state index contributed by atoms with van der Waals surface area (Å²) in [7, 11) is 0. The molecule has 0 radical (unpaired) electrons. The van der Waals surface area contributed by atoms with Crippen LogP contribution in [0.1, 0.15) is 58.7 Å². The second kappa shape index (κ2) is 6.63. The van der Waals surface area contributed by atoms with Crippen LogP contribution in [0.5, 0.6) is 0 Å². The molecular weight excluding hydrogens is 238 g/mol. The molecule has 0 aliphatic heterocycles. The van der Waals surface area contributed by atoms with Gasteiger partial charge in [-0.3, -0.25) is 4.72 Å². The van der Waals surface area contributed by atoms with Crippen molar-refractivity contribution in [1.29, 1.82) is 0 Å². The zero-order chi connectivity index (χ0) is 13.8. The summed E-state index contributed by atoms with van der Waals surface area (Å²) in [6, 6.07) is 9.37. The van der Waals surface area contributed by atoms with Crippen molar-refractivity contribution in [3.05, 3.63) is 35.4 Å². The van der Waals surface area contributed by atoms with E-state index in [4.69, 9.17) is 0 Å². The van der Waals surface area contributed by atoms with Crippen molar-refractivity contribution >= 4 is 11.9 Å². The van der Waals surface area contributed by atoms with E-state index in [0.717, 1.165) is 6.42 Å². The van der Waals surface area contributed by atoms with Gasteiger partial charge in [-0.25, -0.2) is 0 Å². The van der Waals surface area contributed by atoms with E-state index >= 15 is 0 Å². The summed E-state index contributed by atoms with van der Waals surface area (Å²) in [6.07, 6.45) is 1.10. The first kappa shape index (κ1) is 15.6. The van der Waals surface area contributed by atoms with Crippen molar-refractivity contribution in [2.24, 2.45) is 5.92 Å². The Morgan fingerprint density at radius 3 is 2.39 bits per heavy atom. The van der Waals surface area contributed by atoms with E-state index < -0.39 is 0 Å². The lowest BCUT2D eigenvalue weighted by atomic mass is 9.95. The van der Waals surface area contributed by atoms with Crippen molar-refractivity contribution < 1.29 is 0 Å². The normalized spacial score (nSPS) is 13.9. The summed E-state index contributed by atoms with van der Waals surface area (Å²) in [5.41, 5.74) is 2.82. The molecule has 0 saturated carbocycles. The summed E-state index contributed by atoms with van der Waals surface area (Å²) in [4.78, 5) is 0. The summed E-state index contributed by atoms with van der Waals surface area (Å²) >= 11 is 1.83. The zero-order valence-corrected chi connectivity index (χ0v) is 13.4. The van der Waals surface area contributed by atoms with Gasteiger partial charge >= 0.3 is 0 Å². The van der Waals surface area contributed by atoms with E-state index in [0.29, 0.717) is 12.0 Å². The molecule has 0 amide bonds. The molecule has 0 spiro atoms. The second-order valence-corrected chi connectivity index (χ2v) is 7.82. The topological polar surface area (TPSA) is 12.0 Å². The molecule has 0 fully saturated rings. The molecule has 0 aliphatic carbocycles. The average Bonchev–Trinajstić information content (AvgIpc) is 2.27. The zero-order valence-electron chi connectivity index (χ0n) is 12.6. The third-order valence-electron chi connectivity index (χ3n) is 2.88. The fourth-order valence-corrected chi connectivity index (χ4v) is 2.72. The highest BCUT2D eigenvalue weighted by Crippen LogP contribution is 2.29. The highest BCUT2D eigenvalue weighted by atomic mass is 32.2. The molecule has 0 unspecified atom stereocenters. The monoisotopic (exact) mass is 265 g/mol. The lowest BCUT2D eigenvalue weighted by Crippen LogP contribution is -2.25. The Morgan fingerprint density at radius 1 is 1.22 bits per heavy atom. The van der Waals surface area contributed by atoms with Gasteiger partial charge in [0.1, 0.15) is 0 Å². The molecule has 102 valence electrons. The first-order valence-corrected chi connectivity index (χ1v) is 7.67. The minimum Gasteiger partial charge on any atom is -0.256 e. The van der Waals surface area contributed by atoms with Gasteiger partial charge in [-0.15, -0.1) is 0 Å². The van der Waals surface area contributed by atoms with E-state index in [2.05, 4.69) is 70.5 Å². The van der Waals surface area contributed by atoms with Crippen LogP contribution in [0, 0.1) is 5.92 Å². The highest BCUT2D eigenvalue weighted by molar-refractivity contribution is 7.98. The fourth-order valence-electron chi connectivity index (χ4n) is 1.84. The molecule has 0 bridgehead atoms. The third kappa shape index (κ3) is 5.03. The van der Waals surface area contributed by atoms with Crippen molar-refractivity contribution in [2.75, 3.05) is 0 Å².